The summed E-state index contributed by atoms with van der Waals surface area (Å²) in [6.45, 7) is 6.16. The molecule has 0 bridgehead atoms. The summed E-state index contributed by atoms with van der Waals surface area (Å²) in [6, 6.07) is 0. The molecule has 7 heteroatoms. The molecule has 33 heavy (non-hydrogen) atoms. The zero-order valence-corrected chi connectivity index (χ0v) is 19.6. The van der Waals surface area contributed by atoms with Crippen molar-refractivity contribution < 1.29 is 33.0 Å². The van der Waals surface area contributed by atoms with Crippen LogP contribution in [0.5, 0.6) is 0 Å². The molecule has 0 saturated heterocycles. The van der Waals surface area contributed by atoms with Gasteiger partial charge in [0.2, 0.25) is 5.78 Å². The Morgan fingerprint density at radius 1 is 1.06 bits per heavy atom. The molecule has 5 aliphatic carbocycles. The van der Waals surface area contributed by atoms with Crippen LogP contribution in [0.1, 0.15) is 59.8 Å². The fourth-order valence-electron chi connectivity index (χ4n) is 8.18. The quantitative estimate of drug-likeness (QED) is 0.594. The van der Waals surface area contributed by atoms with E-state index in [-0.39, 0.29) is 41.2 Å². The normalized spacial score (nSPS) is 44.9. The number of ketones is 2. The van der Waals surface area contributed by atoms with Crippen LogP contribution in [0.4, 0.5) is 4.39 Å². The molecule has 6 nitrogen and oxygen atoms in total. The molecule has 0 aromatic rings. The number of rotatable bonds is 4. The lowest BCUT2D eigenvalue weighted by molar-refractivity contribution is -0.189. The number of esters is 2. The van der Waals surface area contributed by atoms with E-state index < -0.39 is 40.8 Å². The molecule has 0 heterocycles. The van der Waals surface area contributed by atoms with E-state index >= 15 is 4.39 Å². The van der Waals surface area contributed by atoms with E-state index in [9.17, 15) is 19.2 Å². The molecule has 0 N–H and O–H groups in total. The van der Waals surface area contributed by atoms with E-state index in [1.165, 1.54) is 19.9 Å². The molecule has 8 atom stereocenters. The fourth-order valence-corrected chi connectivity index (χ4v) is 8.18. The molecule has 5 rings (SSSR count). The van der Waals surface area contributed by atoms with Gasteiger partial charge in [0.25, 0.3) is 0 Å². The monoisotopic (exact) mass is 458 g/mol. The number of Topliss-reactive ketones (excluding diaryl/α,β-unsaturated/α-hetero) is 1. The third kappa shape index (κ3) is 2.89. The standard InChI is InChI=1S/C26H31FO6/c1-13(28)32-12-23(31)26(33-14(2)29)8-6-17-15-10-21(27)20-11-22(30)16-9-19(16)25(20,4)18(15)5-7-24(17,26)3/h10-11,15-19H,5-9,12H2,1-4H3/t15-,16?,17-,18+,19?,24-,25+,26+/m0/s1. The van der Waals surface area contributed by atoms with Crippen LogP contribution in [0.3, 0.4) is 0 Å². The summed E-state index contributed by atoms with van der Waals surface area (Å²) in [5, 5.41) is 0. The number of carbonyl (C=O) groups excluding carboxylic acids is 4. The Bertz CT molecular complexity index is 1030. The minimum absolute atomic E-state index is 0.00707. The van der Waals surface area contributed by atoms with Crippen molar-refractivity contribution in [3.05, 3.63) is 23.6 Å². The van der Waals surface area contributed by atoms with Crippen molar-refractivity contribution in [3.8, 4) is 0 Å². The maximum Gasteiger partial charge on any atom is 0.303 e. The molecule has 0 amide bonds. The highest BCUT2D eigenvalue weighted by Gasteiger charge is 2.71. The van der Waals surface area contributed by atoms with Crippen molar-refractivity contribution in [1.29, 1.82) is 0 Å². The van der Waals surface area contributed by atoms with Gasteiger partial charge in [-0.2, -0.15) is 0 Å². The first kappa shape index (κ1) is 22.5. The van der Waals surface area contributed by atoms with E-state index in [4.69, 9.17) is 9.47 Å². The highest BCUT2D eigenvalue weighted by Crippen LogP contribution is 2.72. The van der Waals surface area contributed by atoms with Gasteiger partial charge in [0.15, 0.2) is 18.0 Å². The first-order chi connectivity index (χ1) is 15.5. The zero-order valence-electron chi connectivity index (χ0n) is 19.6. The first-order valence-electron chi connectivity index (χ1n) is 12.0. The summed E-state index contributed by atoms with van der Waals surface area (Å²) in [7, 11) is 0. The number of hydrogen-bond donors (Lipinski definition) is 0. The van der Waals surface area contributed by atoms with Crippen LogP contribution in [0.2, 0.25) is 0 Å². The number of ether oxygens (including phenoxy) is 2. The van der Waals surface area contributed by atoms with E-state index in [1.807, 2.05) is 6.92 Å². The smallest absolute Gasteiger partial charge is 0.303 e. The summed E-state index contributed by atoms with van der Waals surface area (Å²) in [5.41, 5.74) is -1.93. The Morgan fingerprint density at radius 3 is 2.42 bits per heavy atom. The van der Waals surface area contributed by atoms with Crippen molar-refractivity contribution in [2.75, 3.05) is 6.61 Å². The minimum Gasteiger partial charge on any atom is -0.458 e. The lowest BCUT2D eigenvalue weighted by Gasteiger charge is -2.57. The average molecular weight is 459 g/mol. The second kappa shape index (κ2) is 7.09. The van der Waals surface area contributed by atoms with Crippen LogP contribution < -0.4 is 0 Å². The van der Waals surface area contributed by atoms with Crippen LogP contribution in [0.25, 0.3) is 0 Å². The Labute approximate surface area is 192 Å². The predicted molar refractivity (Wildman–Crippen MR) is 115 cm³/mol. The molecule has 0 spiro atoms. The second-order valence-corrected chi connectivity index (χ2v) is 11.1. The molecular formula is C26H31FO6. The zero-order chi connectivity index (χ0) is 23.9. The molecule has 3 fully saturated rings. The third-order valence-corrected chi connectivity index (χ3v) is 9.79. The van der Waals surface area contributed by atoms with Gasteiger partial charge in [-0.3, -0.25) is 19.2 Å². The summed E-state index contributed by atoms with van der Waals surface area (Å²) in [6.07, 6.45) is 6.34. The molecule has 0 aliphatic heterocycles. The molecular weight excluding hydrogens is 427 g/mol. The largest absolute Gasteiger partial charge is 0.458 e. The van der Waals surface area contributed by atoms with Gasteiger partial charge in [0.05, 0.1) is 0 Å². The van der Waals surface area contributed by atoms with Gasteiger partial charge in [-0.25, -0.2) is 4.39 Å². The Morgan fingerprint density at radius 2 is 1.76 bits per heavy atom. The summed E-state index contributed by atoms with van der Waals surface area (Å²) in [4.78, 5) is 49.2. The van der Waals surface area contributed by atoms with Crippen LogP contribution in [-0.4, -0.2) is 35.7 Å². The van der Waals surface area contributed by atoms with Gasteiger partial charge < -0.3 is 9.47 Å². The van der Waals surface area contributed by atoms with Crippen molar-refractivity contribution >= 4 is 23.5 Å². The highest BCUT2D eigenvalue weighted by atomic mass is 19.1. The maximum atomic E-state index is 15.5. The first-order valence-corrected chi connectivity index (χ1v) is 12.0. The molecule has 2 unspecified atom stereocenters. The van der Waals surface area contributed by atoms with Crippen molar-refractivity contribution in [2.24, 2.45) is 40.4 Å². The van der Waals surface area contributed by atoms with Crippen LogP contribution in [-0.2, 0) is 28.7 Å². The van der Waals surface area contributed by atoms with E-state index in [2.05, 4.69) is 6.92 Å². The fraction of sp³-hybridized carbons (Fsp3) is 0.692. The Kier molecular flexibility index (Phi) is 4.83. The molecule has 178 valence electrons. The number of halogens is 1. The number of carbonyl (C=O) groups is 4. The Hall–Kier alpha value is -2.31. The minimum atomic E-state index is -1.39. The number of hydrogen-bond acceptors (Lipinski definition) is 6. The highest BCUT2D eigenvalue weighted by molar-refractivity contribution is 5.97. The van der Waals surface area contributed by atoms with Crippen LogP contribution in [0, 0.1) is 40.4 Å². The van der Waals surface area contributed by atoms with Gasteiger partial charge >= 0.3 is 11.9 Å². The van der Waals surface area contributed by atoms with Crippen molar-refractivity contribution in [2.45, 2.75) is 65.4 Å². The van der Waals surface area contributed by atoms with Crippen molar-refractivity contribution in [3.63, 3.8) is 0 Å². The van der Waals surface area contributed by atoms with Gasteiger partial charge in [0, 0.05) is 30.6 Å². The van der Waals surface area contributed by atoms with Gasteiger partial charge in [0.1, 0.15) is 5.83 Å². The van der Waals surface area contributed by atoms with E-state index in [0.29, 0.717) is 24.8 Å². The summed E-state index contributed by atoms with van der Waals surface area (Å²) in [5.74, 6) is -1.63. The van der Waals surface area contributed by atoms with Crippen LogP contribution >= 0.6 is 0 Å². The third-order valence-electron chi connectivity index (χ3n) is 9.79. The van der Waals surface area contributed by atoms with Crippen LogP contribution in [0.15, 0.2) is 23.6 Å². The lowest BCUT2D eigenvalue weighted by Crippen LogP contribution is -2.59. The van der Waals surface area contributed by atoms with E-state index in [0.717, 1.165) is 12.8 Å². The molecule has 0 aromatic heterocycles. The molecule has 5 aliphatic rings. The molecule has 3 saturated carbocycles. The summed E-state index contributed by atoms with van der Waals surface area (Å²) >= 11 is 0. The number of fused-ring (bicyclic) bond motifs is 7. The molecule has 0 radical (unpaired) electrons. The number of allylic oxidation sites excluding steroid dienone is 4. The van der Waals surface area contributed by atoms with Crippen molar-refractivity contribution in [1.82, 2.24) is 0 Å². The van der Waals surface area contributed by atoms with Gasteiger partial charge in [-0.1, -0.05) is 13.8 Å². The predicted octanol–water partition coefficient (Wildman–Crippen LogP) is 3.88. The SMILES string of the molecule is CC(=O)OCC(=O)[C@]1(OC(C)=O)CC[C@H]2[C@@H]3C=C(F)C4=CC(=O)C5CC5[C@@]4(C)[C@@H]3CC[C@@]21C. The molecule has 0 aromatic carbocycles. The Balaban J connectivity index is 1.54. The van der Waals surface area contributed by atoms with Gasteiger partial charge in [-0.15, -0.1) is 0 Å². The van der Waals surface area contributed by atoms with Gasteiger partial charge in [-0.05, 0) is 73.5 Å². The lowest BCUT2D eigenvalue weighted by atomic mass is 9.47. The maximum absolute atomic E-state index is 15.5. The average Bonchev–Trinajstić information content (AvgIpc) is 3.49. The second-order valence-electron chi connectivity index (χ2n) is 11.1. The van der Waals surface area contributed by atoms with E-state index in [1.54, 1.807) is 6.08 Å². The topological polar surface area (TPSA) is 86.7 Å². The summed E-state index contributed by atoms with van der Waals surface area (Å²) < 4.78 is 26.3.